The summed E-state index contributed by atoms with van der Waals surface area (Å²) in [4.78, 5) is 10.3. The van der Waals surface area contributed by atoms with Gasteiger partial charge in [-0.2, -0.15) is 0 Å². The van der Waals surface area contributed by atoms with E-state index in [-0.39, 0.29) is 0 Å². The fraction of sp³-hybridized carbons (Fsp3) is 0.300. The summed E-state index contributed by atoms with van der Waals surface area (Å²) in [5.74, 6) is 0. The number of anilines is 1. The fourth-order valence-electron chi connectivity index (χ4n) is 0.962. The molecular formula is C10H12NO. The molecule has 1 N–H and O–H groups in total. The summed E-state index contributed by atoms with van der Waals surface area (Å²) in [7, 11) is 0. The van der Waals surface area contributed by atoms with E-state index in [0.29, 0.717) is 5.56 Å². The highest BCUT2D eigenvalue weighted by Gasteiger charge is 1.92. The van der Waals surface area contributed by atoms with E-state index in [1.54, 1.807) is 12.1 Å². The van der Waals surface area contributed by atoms with Crippen molar-refractivity contribution in [3.05, 3.63) is 29.8 Å². The smallest absolute Gasteiger partial charge is 0.233 e. The molecule has 0 saturated heterocycles. The van der Waals surface area contributed by atoms with Gasteiger partial charge in [0.25, 0.3) is 0 Å². The molecule has 0 aromatic heterocycles. The molecule has 0 unspecified atom stereocenters. The van der Waals surface area contributed by atoms with E-state index in [1.807, 2.05) is 18.4 Å². The third-order valence-corrected chi connectivity index (χ3v) is 1.56. The Morgan fingerprint density at radius 1 is 1.50 bits per heavy atom. The van der Waals surface area contributed by atoms with Gasteiger partial charge in [-0.1, -0.05) is 19.1 Å². The lowest BCUT2D eigenvalue weighted by molar-refractivity contribution is 0.563. The largest absolute Gasteiger partial charge is 0.385 e. The van der Waals surface area contributed by atoms with Crippen LogP contribution in [-0.2, 0) is 4.79 Å². The molecule has 2 nitrogen and oxygen atoms in total. The number of nitrogens with one attached hydrogen (secondary N) is 1. The van der Waals surface area contributed by atoms with Crippen LogP contribution in [0.15, 0.2) is 24.3 Å². The second-order valence-corrected chi connectivity index (χ2v) is 2.61. The van der Waals surface area contributed by atoms with Crippen molar-refractivity contribution in [3.8, 4) is 0 Å². The maximum Gasteiger partial charge on any atom is 0.233 e. The minimum absolute atomic E-state index is 0.594. The minimum Gasteiger partial charge on any atom is -0.385 e. The van der Waals surface area contributed by atoms with Gasteiger partial charge in [-0.3, -0.25) is 4.79 Å². The highest BCUT2D eigenvalue weighted by molar-refractivity contribution is 5.77. The van der Waals surface area contributed by atoms with Gasteiger partial charge < -0.3 is 5.32 Å². The van der Waals surface area contributed by atoms with Crippen LogP contribution in [-0.4, -0.2) is 12.8 Å². The van der Waals surface area contributed by atoms with Crippen LogP contribution in [0.4, 0.5) is 5.69 Å². The van der Waals surface area contributed by atoms with Gasteiger partial charge >= 0.3 is 0 Å². The summed E-state index contributed by atoms with van der Waals surface area (Å²) >= 11 is 0. The van der Waals surface area contributed by atoms with Crippen molar-refractivity contribution in [2.24, 2.45) is 0 Å². The number of rotatable bonds is 4. The standard InChI is InChI=1S/C10H12NO/c1-2-6-11-10-5-3-4-9(7-10)8-12/h3-5,7,11H,2,6H2,1H3. The van der Waals surface area contributed by atoms with E-state index >= 15 is 0 Å². The Morgan fingerprint density at radius 2 is 2.33 bits per heavy atom. The molecule has 1 aromatic carbocycles. The van der Waals surface area contributed by atoms with Crippen LogP contribution in [0.25, 0.3) is 0 Å². The molecule has 0 bridgehead atoms. The van der Waals surface area contributed by atoms with Crippen LogP contribution in [0.1, 0.15) is 18.9 Å². The highest BCUT2D eigenvalue weighted by Crippen LogP contribution is 2.08. The molecule has 12 heavy (non-hydrogen) atoms. The second-order valence-electron chi connectivity index (χ2n) is 2.61. The van der Waals surface area contributed by atoms with Gasteiger partial charge in [0.05, 0.1) is 0 Å². The normalized spacial score (nSPS) is 9.42. The summed E-state index contributed by atoms with van der Waals surface area (Å²) in [5, 5.41) is 3.19. The van der Waals surface area contributed by atoms with Gasteiger partial charge in [-0.25, -0.2) is 0 Å². The van der Waals surface area contributed by atoms with Gasteiger partial charge in [-0.05, 0) is 18.6 Å². The van der Waals surface area contributed by atoms with Crippen molar-refractivity contribution >= 4 is 12.0 Å². The van der Waals surface area contributed by atoms with E-state index < -0.39 is 0 Å². The number of carbonyl (C=O) groups excluding carboxylic acids is 1. The topological polar surface area (TPSA) is 29.1 Å². The van der Waals surface area contributed by atoms with E-state index in [1.165, 1.54) is 0 Å². The molecule has 0 aliphatic heterocycles. The lowest BCUT2D eigenvalue weighted by Crippen LogP contribution is -1.99. The first-order valence-corrected chi connectivity index (χ1v) is 4.09. The average Bonchev–Trinajstić information content (AvgIpc) is 2.15. The van der Waals surface area contributed by atoms with E-state index in [0.717, 1.165) is 18.7 Å². The highest BCUT2D eigenvalue weighted by atomic mass is 16.1. The van der Waals surface area contributed by atoms with Crippen molar-refractivity contribution in [2.75, 3.05) is 11.9 Å². The van der Waals surface area contributed by atoms with Gasteiger partial charge in [0, 0.05) is 17.8 Å². The Hall–Kier alpha value is -1.31. The van der Waals surface area contributed by atoms with E-state index in [2.05, 4.69) is 12.2 Å². The Bertz CT molecular complexity index is 258. The van der Waals surface area contributed by atoms with Crippen LogP contribution in [0.2, 0.25) is 0 Å². The van der Waals surface area contributed by atoms with Gasteiger partial charge in [0.15, 0.2) is 0 Å². The number of hydrogen-bond acceptors (Lipinski definition) is 2. The van der Waals surface area contributed by atoms with Gasteiger partial charge in [0.2, 0.25) is 6.29 Å². The Labute approximate surface area is 72.6 Å². The summed E-state index contributed by atoms with van der Waals surface area (Å²) in [6.07, 6.45) is 2.93. The van der Waals surface area contributed by atoms with E-state index in [4.69, 9.17) is 0 Å². The third-order valence-electron chi connectivity index (χ3n) is 1.56. The van der Waals surface area contributed by atoms with E-state index in [9.17, 15) is 4.79 Å². The second kappa shape index (κ2) is 4.54. The molecule has 1 aromatic rings. The lowest BCUT2D eigenvalue weighted by atomic mass is 10.2. The molecule has 63 valence electrons. The Kier molecular flexibility index (Phi) is 3.33. The van der Waals surface area contributed by atoms with Crippen molar-refractivity contribution in [3.63, 3.8) is 0 Å². The summed E-state index contributed by atoms with van der Waals surface area (Å²) in [6.45, 7) is 3.03. The lowest BCUT2D eigenvalue weighted by Gasteiger charge is -2.03. The van der Waals surface area contributed by atoms with Gasteiger partial charge in [-0.15, -0.1) is 0 Å². The molecule has 0 aliphatic rings. The summed E-state index contributed by atoms with van der Waals surface area (Å²) in [6, 6.07) is 7.32. The summed E-state index contributed by atoms with van der Waals surface area (Å²) < 4.78 is 0. The number of hydrogen-bond donors (Lipinski definition) is 1. The van der Waals surface area contributed by atoms with Crippen LogP contribution < -0.4 is 5.32 Å². The molecule has 2 heteroatoms. The van der Waals surface area contributed by atoms with Crippen LogP contribution in [0, 0.1) is 0 Å². The first-order valence-electron chi connectivity index (χ1n) is 4.09. The molecule has 1 radical (unpaired) electrons. The molecule has 0 aliphatic carbocycles. The van der Waals surface area contributed by atoms with Crippen LogP contribution >= 0.6 is 0 Å². The Balaban J connectivity index is 2.66. The molecule has 0 fully saturated rings. The van der Waals surface area contributed by atoms with Crippen molar-refractivity contribution in [1.29, 1.82) is 0 Å². The zero-order chi connectivity index (χ0) is 8.81. The zero-order valence-corrected chi connectivity index (χ0v) is 7.13. The van der Waals surface area contributed by atoms with Crippen molar-refractivity contribution in [1.82, 2.24) is 0 Å². The van der Waals surface area contributed by atoms with Crippen LogP contribution in [0.3, 0.4) is 0 Å². The quantitative estimate of drug-likeness (QED) is 0.733. The SMILES string of the molecule is CCCNc1cccc([C]=O)c1. The van der Waals surface area contributed by atoms with Crippen molar-refractivity contribution in [2.45, 2.75) is 13.3 Å². The Morgan fingerprint density at radius 3 is 3.00 bits per heavy atom. The average molecular weight is 162 g/mol. The molecule has 1 rings (SSSR count). The first kappa shape index (κ1) is 8.78. The fourth-order valence-corrected chi connectivity index (χ4v) is 0.962. The predicted molar refractivity (Wildman–Crippen MR) is 50.0 cm³/mol. The van der Waals surface area contributed by atoms with Gasteiger partial charge in [0.1, 0.15) is 0 Å². The maximum absolute atomic E-state index is 10.3. The van der Waals surface area contributed by atoms with Crippen LogP contribution in [0.5, 0.6) is 0 Å². The third kappa shape index (κ3) is 2.38. The predicted octanol–water partition coefficient (Wildman–Crippen LogP) is 1.97. The number of benzene rings is 1. The molecule has 0 spiro atoms. The molecule has 0 saturated carbocycles. The first-order chi connectivity index (χ1) is 5.86. The van der Waals surface area contributed by atoms with Crippen molar-refractivity contribution < 1.29 is 4.79 Å². The summed E-state index contributed by atoms with van der Waals surface area (Å²) in [5.41, 5.74) is 1.58. The monoisotopic (exact) mass is 162 g/mol. The maximum atomic E-state index is 10.3. The molecular weight excluding hydrogens is 150 g/mol. The molecule has 0 heterocycles. The molecule has 0 atom stereocenters. The zero-order valence-electron chi connectivity index (χ0n) is 7.13. The molecule has 0 amide bonds. The minimum atomic E-state index is 0.594.